The topological polar surface area (TPSA) is 41.5 Å². The largest absolute Gasteiger partial charge is 0.273 e. The second-order valence-electron chi connectivity index (χ2n) is 5.21. The van der Waals surface area contributed by atoms with Crippen LogP contribution >= 0.6 is 27.3 Å². The summed E-state index contributed by atoms with van der Waals surface area (Å²) in [6.45, 7) is 4.13. The molecular weight excluding hydrogens is 348 g/mol. The summed E-state index contributed by atoms with van der Waals surface area (Å²) in [5.41, 5.74) is 3.49. The van der Waals surface area contributed by atoms with Crippen molar-refractivity contribution in [1.82, 2.24) is 5.43 Å². The first-order valence-electron chi connectivity index (χ1n) is 7.72. The minimum absolute atomic E-state index is 0.0125. The Balaban J connectivity index is 2.13. The van der Waals surface area contributed by atoms with Gasteiger partial charge in [0.2, 0.25) is 5.91 Å². The maximum Gasteiger partial charge on any atom is 0.240 e. The van der Waals surface area contributed by atoms with E-state index in [1.54, 1.807) is 11.3 Å². The molecule has 0 bridgehead atoms. The molecule has 0 saturated heterocycles. The fraction of sp³-hybridized carbons (Fsp3) is 0.625. The summed E-state index contributed by atoms with van der Waals surface area (Å²) in [6, 6.07) is 3.98. The van der Waals surface area contributed by atoms with E-state index in [0.717, 1.165) is 27.2 Å². The predicted octanol–water partition coefficient (Wildman–Crippen LogP) is 5.49. The lowest BCUT2D eigenvalue weighted by atomic mass is 10.1. The van der Waals surface area contributed by atoms with Crippen LogP contribution in [0, 0.1) is 0 Å². The van der Waals surface area contributed by atoms with E-state index in [4.69, 9.17) is 0 Å². The third kappa shape index (κ3) is 8.37. The van der Waals surface area contributed by atoms with Gasteiger partial charge in [0.15, 0.2) is 0 Å². The summed E-state index contributed by atoms with van der Waals surface area (Å²) in [6.07, 6.45) is 9.11. The number of hydrogen-bond donors (Lipinski definition) is 1. The molecule has 1 rings (SSSR count). The van der Waals surface area contributed by atoms with Crippen LogP contribution in [0.3, 0.4) is 0 Å². The molecule has 0 spiro atoms. The van der Waals surface area contributed by atoms with Gasteiger partial charge in [-0.05, 0) is 41.4 Å². The number of carbonyl (C=O) groups excluding carboxylic acids is 1. The Kier molecular flexibility index (Phi) is 9.59. The van der Waals surface area contributed by atoms with Crippen LogP contribution in [0.25, 0.3) is 0 Å². The van der Waals surface area contributed by atoms with Crippen molar-refractivity contribution < 1.29 is 4.79 Å². The molecule has 1 N–H and O–H groups in total. The van der Waals surface area contributed by atoms with Crippen LogP contribution in [-0.2, 0) is 4.79 Å². The number of rotatable bonds is 10. The Morgan fingerprint density at radius 1 is 1.19 bits per heavy atom. The van der Waals surface area contributed by atoms with Gasteiger partial charge in [0.25, 0.3) is 0 Å². The average Bonchev–Trinajstić information content (AvgIpc) is 2.90. The van der Waals surface area contributed by atoms with Gasteiger partial charge in [0, 0.05) is 6.42 Å². The van der Waals surface area contributed by atoms with E-state index in [0.29, 0.717) is 6.42 Å². The number of nitrogens with zero attached hydrogens (tertiary/aromatic N) is 1. The number of amides is 1. The first-order chi connectivity index (χ1) is 10.1. The van der Waals surface area contributed by atoms with Gasteiger partial charge in [0.1, 0.15) is 0 Å². The van der Waals surface area contributed by atoms with Crippen molar-refractivity contribution in [2.45, 2.75) is 65.2 Å². The number of hydrazone groups is 1. The highest BCUT2D eigenvalue weighted by molar-refractivity contribution is 9.11. The smallest absolute Gasteiger partial charge is 0.240 e. The molecule has 0 radical (unpaired) electrons. The zero-order chi connectivity index (χ0) is 15.5. The number of unbranched alkanes of at least 4 members (excludes halogenated alkanes) is 6. The van der Waals surface area contributed by atoms with Crippen molar-refractivity contribution in [2.75, 3.05) is 0 Å². The molecule has 3 nitrogen and oxygen atoms in total. The molecule has 0 saturated carbocycles. The zero-order valence-corrected chi connectivity index (χ0v) is 15.4. The van der Waals surface area contributed by atoms with Gasteiger partial charge in [-0.25, -0.2) is 5.43 Å². The van der Waals surface area contributed by atoms with Crippen molar-refractivity contribution in [3.63, 3.8) is 0 Å². The van der Waals surface area contributed by atoms with Crippen molar-refractivity contribution in [1.29, 1.82) is 0 Å². The summed E-state index contributed by atoms with van der Waals surface area (Å²) in [5, 5.41) is 4.15. The first kappa shape index (κ1) is 18.4. The van der Waals surface area contributed by atoms with Gasteiger partial charge in [-0.2, -0.15) is 5.10 Å². The highest BCUT2D eigenvalue weighted by atomic mass is 79.9. The van der Waals surface area contributed by atoms with Crippen molar-refractivity contribution in [3.8, 4) is 0 Å². The van der Waals surface area contributed by atoms with E-state index < -0.39 is 0 Å². The minimum atomic E-state index is 0.0125. The molecule has 1 heterocycles. The summed E-state index contributed by atoms with van der Waals surface area (Å²) >= 11 is 5.03. The highest BCUT2D eigenvalue weighted by Gasteiger charge is 2.03. The van der Waals surface area contributed by atoms with Gasteiger partial charge >= 0.3 is 0 Å². The molecule has 0 unspecified atom stereocenters. The normalized spacial score (nSPS) is 11.7. The quantitative estimate of drug-likeness (QED) is 0.329. The van der Waals surface area contributed by atoms with Crippen molar-refractivity contribution in [2.24, 2.45) is 5.10 Å². The fourth-order valence-corrected chi connectivity index (χ4v) is 3.34. The Labute approximate surface area is 140 Å². The summed E-state index contributed by atoms with van der Waals surface area (Å²) < 4.78 is 1.07. The van der Waals surface area contributed by atoms with Gasteiger partial charge < -0.3 is 0 Å². The van der Waals surface area contributed by atoms with Crippen LogP contribution in [-0.4, -0.2) is 11.6 Å². The Bertz CT molecular complexity index is 457. The van der Waals surface area contributed by atoms with Gasteiger partial charge in [-0.3, -0.25) is 4.79 Å². The van der Waals surface area contributed by atoms with Crippen LogP contribution in [0.2, 0.25) is 0 Å². The van der Waals surface area contributed by atoms with E-state index in [1.165, 1.54) is 32.1 Å². The van der Waals surface area contributed by atoms with Crippen LogP contribution in [0.4, 0.5) is 0 Å². The third-order valence-corrected chi connectivity index (χ3v) is 5.02. The molecule has 0 aromatic carbocycles. The van der Waals surface area contributed by atoms with Crippen molar-refractivity contribution in [3.05, 3.63) is 20.8 Å². The lowest BCUT2D eigenvalue weighted by Gasteiger charge is -2.02. The lowest BCUT2D eigenvalue weighted by Crippen LogP contribution is -2.18. The molecule has 0 aliphatic carbocycles. The molecule has 0 aliphatic rings. The van der Waals surface area contributed by atoms with E-state index >= 15 is 0 Å². The Morgan fingerprint density at radius 3 is 2.48 bits per heavy atom. The molecule has 21 heavy (non-hydrogen) atoms. The first-order valence-corrected chi connectivity index (χ1v) is 9.33. The molecule has 1 amide bonds. The molecule has 5 heteroatoms. The summed E-state index contributed by atoms with van der Waals surface area (Å²) in [7, 11) is 0. The Hall–Kier alpha value is -0.680. The molecule has 1 aromatic heterocycles. The second-order valence-corrected chi connectivity index (χ2v) is 7.67. The van der Waals surface area contributed by atoms with E-state index in [-0.39, 0.29) is 5.91 Å². The zero-order valence-electron chi connectivity index (χ0n) is 13.0. The number of nitrogens with one attached hydrogen (secondary N) is 1. The maximum atomic E-state index is 11.7. The highest BCUT2D eigenvalue weighted by Crippen LogP contribution is 2.22. The van der Waals surface area contributed by atoms with E-state index in [1.807, 2.05) is 19.1 Å². The van der Waals surface area contributed by atoms with Crippen molar-refractivity contribution >= 4 is 38.9 Å². The standard InChI is InChI=1S/C16H25BrN2OS/c1-3-4-5-6-7-8-9-10-16(20)19-18-13(2)14-11-12-15(17)21-14/h11-12H,3-10H2,1-2H3,(H,19,20)/b18-13+. The second kappa shape index (κ2) is 11.0. The molecule has 0 atom stereocenters. The SMILES string of the molecule is CCCCCCCCCC(=O)N/N=C(\C)c1ccc(Br)s1. The monoisotopic (exact) mass is 372 g/mol. The fourth-order valence-electron chi connectivity index (χ4n) is 2.01. The van der Waals surface area contributed by atoms with E-state index in [2.05, 4.69) is 33.4 Å². The summed E-state index contributed by atoms with van der Waals surface area (Å²) in [5.74, 6) is 0.0125. The van der Waals surface area contributed by atoms with Crippen LogP contribution in [0.1, 0.15) is 70.1 Å². The van der Waals surface area contributed by atoms with Gasteiger partial charge in [-0.15, -0.1) is 11.3 Å². The average molecular weight is 373 g/mol. The number of carbonyl (C=O) groups is 1. The summed E-state index contributed by atoms with van der Waals surface area (Å²) in [4.78, 5) is 12.8. The third-order valence-electron chi connectivity index (χ3n) is 3.29. The molecular formula is C16H25BrN2OS. The maximum absolute atomic E-state index is 11.7. The van der Waals surface area contributed by atoms with Gasteiger partial charge in [0.05, 0.1) is 14.4 Å². The van der Waals surface area contributed by atoms with Crippen LogP contribution < -0.4 is 5.43 Å². The van der Waals surface area contributed by atoms with Crippen LogP contribution in [0.5, 0.6) is 0 Å². The molecule has 118 valence electrons. The lowest BCUT2D eigenvalue weighted by molar-refractivity contribution is -0.121. The Morgan fingerprint density at radius 2 is 1.86 bits per heavy atom. The molecule has 0 fully saturated rings. The van der Waals surface area contributed by atoms with E-state index in [9.17, 15) is 4.79 Å². The number of hydrogen-bond acceptors (Lipinski definition) is 3. The number of halogens is 1. The molecule has 1 aromatic rings. The predicted molar refractivity (Wildman–Crippen MR) is 95.0 cm³/mol. The van der Waals surface area contributed by atoms with Gasteiger partial charge in [-0.1, -0.05) is 45.4 Å². The van der Waals surface area contributed by atoms with Crippen LogP contribution in [0.15, 0.2) is 21.0 Å². The molecule has 0 aliphatic heterocycles. The number of thiophene rings is 1. The minimum Gasteiger partial charge on any atom is -0.273 e.